The van der Waals surface area contributed by atoms with Crippen LogP contribution in [0, 0.1) is 5.92 Å². The summed E-state index contributed by atoms with van der Waals surface area (Å²) < 4.78 is 11.4. The van der Waals surface area contributed by atoms with E-state index < -0.39 is 0 Å². The van der Waals surface area contributed by atoms with Gasteiger partial charge in [-0.05, 0) is 86.5 Å². The Bertz CT molecular complexity index is 1040. The van der Waals surface area contributed by atoms with E-state index in [0.717, 1.165) is 62.4 Å². The molecule has 1 saturated heterocycles. The van der Waals surface area contributed by atoms with Crippen LogP contribution in [-0.2, 0) is 11.2 Å². The van der Waals surface area contributed by atoms with Gasteiger partial charge in [0.2, 0.25) is 5.91 Å². The van der Waals surface area contributed by atoms with Crippen molar-refractivity contribution in [2.75, 3.05) is 32.8 Å². The number of carbonyl (C=O) groups excluding carboxylic acids is 2. The van der Waals surface area contributed by atoms with Crippen LogP contribution < -0.4 is 14.8 Å². The quantitative estimate of drug-likeness (QED) is 0.318. The second-order valence-corrected chi connectivity index (χ2v) is 10.5. The van der Waals surface area contributed by atoms with Gasteiger partial charge in [0.25, 0.3) is 0 Å². The van der Waals surface area contributed by atoms with Crippen molar-refractivity contribution in [3.63, 3.8) is 0 Å². The fraction of sp³-hybridized carbons (Fsp3) is 0.533. The molecular weight excluding hydrogens is 468 g/mol. The second kappa shape index (κ2) is 13.5. The predicted octanol–water partition coefficient (Wildman–Crippen LogP) is 4.76. The van der Waals surface area contributed by atoms with E-state index in [1.54, 1.807) is 12.1 Å². The van der Waals surface area contributed by atoms with E-state index in [9.17, 15) is 14.7 Å². The molecule has 4 rings (SSSR count). The number of ketones is 1. The molecule has 0 bridgehead atoms. The molecule has 2 aromatic rings. The molecule has 2 aromatic carbocycles. The third-order valence-electron chi connectivity index (χ3n) is 7.17. The Morgan fingerprint density at radius 1 is 1.03 bits per heavy atom. The number of rotatable bonds is 12. The van der Waals surface area contributed by atoms with Crippen LogP contribution >= 0.6 is 0 Å². The first kappa shape index (κ1) is 27.0. The highest BCUT2D eigenvalue weighted by atomic mass is 16.6. The summed E-state index contributed by atoms with van der Waals surface area (Å²) in [4.78, 5) is 27.6. The van der Waals surface area contributed by atoms with Gasteiger partial charge in [-0.2, -0.15) is 0 Å². The molecule has 2 atom stereocenters. The summed E-state index contributed by atoms with van der Waals surface area (Å²) in [7, 11) is 0. The molecule has 0 aliphatic carbocycles. The molecule has 1 amide bonds. The van der Waals surface area contributed by atoms with Crippen molar-refractivity contribution in [3.05, 3.63) is 53.6 Å². The van der Waals surface area contributed by atoms with Gasteiger partial charge in [0, 0.05) is 37.5 Å². The molecule has 0 spiro atoms. The number of aromatic hydroxyl groups is 1. The molecule has 2 aliphatic heterocycles. The summed E-state index contributed by atoms with van der Waals surface area (Å²) in [5.41, 5.74) is 1.75. The zero-order valence-electron chi connectivity index (χ0n) is 21.9. The number of phenols is 1. The highest BCUT2D eigenvalue weighted by molar-refractivity contribution is 5.96. The van der Waals surface area contributed by atoms with Crippen molar-refractivity contribution in [2.24, 2.45) is 5.92 Å². The number of unbranched alkanes of at least 4 members (excludes halogenated alkanes) is 2. The predicted molar refractivity (Wildman–Crippen MR) is 143 cm³/mol. The van der Waals surface area contributed by atoms with Crippen LogP contribution in [0.3, 0.4) is 0 Å². The Labute approximate surface area is 220 Å². The minimum atomic E-state index is 0.0245. The van der Waals surface area contributed by atoms with E-state index in [1.165, 1.54) is 25.0 Å². The third kappa shape index (κ3) is 8.49. The van der Waals surface area contributed by atoms with Gasteiger partial charge in [-0.1, -0.05) is 19.4 Å². The molecule has 2 aliphatic rings. The SMILES string of the molecule is CC1CCCN(C[C@H](Cc2ccc3c(c2)OCCO3)NC(=O)CCCCCC(=O)c2ccc(O)cc2)C1. The van der Waals surface area contributed by atoms with Crippen LogP contribution in [0.5, 0.6) is 17.2 Å². The molecule has 1 unspecified atom stereocenters. The number of Topliss-reactive ketones (excluding diaryl/α,β-unsaturated/α-hetero) is 1. The molecule has 37 heavy (non-hydrogen) atoms. The molecule has 7 heteroatoms. The lowest BCUT2D eigenvalue weighted by Crippen LogP contribution is -2.47. The maximum Gasteiger partial charge on any atom is 0.220 e. The third-order valence-corrected chi connectivity index (χ3v) is 7.17. The Kier molecular flexibility index (Phi) is 9.83. The summed E-state index contributed by atoms with van der Waals surface area (Å²) >= 11 is 0. The highest BCUT2D eigenvalue weighted by Gasteiger charge is 2.22. The average molecular weight is 509 g/mol. The molecule has 0 saturated carbocycles. The minimum absolute atomic E-state index is 0.0245. The van der Waals surface area contributed by atoms with E-state index in [4.69, 9.17) is 9.47 Å². The first-order valence-electron chi connectivity index (χ1n) is 13.7. The topological polar surface area (TPSA) is 88.1 Å². The minimum Gasteiger partial charge on any atom is -0.508 e. The number of nitrogens with zero attached hydrogens (tertiary/aromatic N) is 1. The number of carbonyl (C=O) groups is 2. The van der Waals surface area contributed by atoms with Crippen molar-refractivity contribution >= 4 is 11.7 Å². The fourth-order valence-corrected chi connectivity index (χ4v) is 5.26. The number of likely N-dealkylation sites (tertiary alicyclic amines) is 1. The first-order chi connectivity index (χ1) is 18.0. The lowest BCUT2D eigenvalue weighted by atomic mass is 9.98. The first-order valence-corrected chi connectivity index (χ1v) is 13.7. The second-order valence-electron chi connectivity index (χ2n) is 10.5. The number of piperidine rings is 1. The Hall–Kier alpha value is -3.06. The van der Waals surface area contributed by atoms with E-state index in [-0.39, 0.29) is 23.5 Å². The maximum atomic E-state index is 12.9. The van der Waals surface area contributed by atoms with Crippen LogP contribution in [0.4, 0.5) is 0 Å². The average Bonchev–Trinajstić information content (AvgIpc) is 2.88. The fourth-order valence-electron chi connectivity index (χ4n) is 5.26. The number of phenolic OH excluding ortho intramolecular Hbond substituents is 1. The van der Waals surface area contributed by atoms with Gasteiger partial charge >= 0.3 is 0 Å². The largest absolute Gasteiger partial charge is 0.508 e. The number of hydrogen-bond donors (Lipinski definition) is 2. The Balaban J connectivity index is 1.25. The number of hydrogen-bond acceptors (Lipinski definition) is 6. The van der Waals surface area contributed by atoms with Gasteiger partial charge in [0.15, 0.2) is 17.3 Å². The monoisotopic (exact) mass is 508 g/mol. The van der Waals surface area contributed by atoms with Crippen molar-refractivity contribution in [3.8, 4) is 17.2 Å². The van der Waals surface area contributed by atoms with Gasteiger partial charge in [0.1, 0.15) is 19.0 Å². The van der Waals surface area contributed by atoms with Crippen molar-refractivity contribution < 1.29 is 24.2 Å². The Morgan fingerprint density at radius 2 is 1.78 bits per heavy atom. The standard InChI is InChI=1S/C30H40N2O5/c1-22-6-5-15-32(20-22)21-25(18-23-9-14-28-29(19-23)37-17-16-36-28)31-30(35)8-4-2-3-7-27(34)24-10-12-26(33)13-11-24/h9-14,19,22,25,33H,2-8,15-18,20-21H2,1H3,(H,31,35)/t22?,25-/m0/s1. The number of nitrogens with one attached hydrogen (secondary N) is 1. The summed E-state index contributed by atoms with van der Waals surface area (Å²) in [6.45, 7) is 6.42. The molecule has 0 aromatic heterocycles. The van der Waals surface area contributed by atoms with Gasteiger partial charge in [-0.3, -0.25) is 9.59 Å². The lowest BCUT2D eigenvalue weighted by Gasteiger charge is -2.34. The smallest absolute Gasteiger partial charge is 0.220 e. The summed E-state index contributed by atoms with van der Waals surface area (Å²) in [6.07, 6.45) is 6.46. The van der Waals surface area contributed by atoms with Gasteiger partial charge in [0.05, 0.1) is 0 Å². The van der Waals surface area contributed by atoms with Crippen LogP contribution in [-0.4, -0.2) is 60.6 Å². The number of fused-ring (bicyclic) bond motifs is 1. The maximum absolute atomic E-state index is 12.9. The molecule has 200 valence electrons. The van der Waals surface area contributed by atoms with E-state index in [0.29, 0.717) is 37.5 Å². The van der Waals surface area contributed by atoms with E-state index in [2.05, 4.69) is 23.2 Å². The van der Waals surface area contributed by atoms with Crippen LogP contribution in [0.25, 0.3) is 0 Å². The zero-order chi connectivity index (χ0) is 26.0. The lowest BCUT2D eigenvalue weighted by molar-refractivity contribution is -0.122. The van der Waals surface area contributed by atoms with Crippen LogP contribution in [0.15, 0.2) is 42.5 Å². The number of amides is 1. The van der Waals surface area contributed by atoms with Crippen molar-refractivity contribution in [1.82, 2.24) is 10.2 Å². The molecular formula is C30H40N2O5. The Morgan fingerprint density at radius 3 is 2.57 bits per heavy atom. The molecule has 0 radical (unpaired) electrons. The molecule has 2 heterocycles. The van der Waals surface area contributed by atoms with E-state index in [1.807, 2.05) is 12.1 Å². The van der Waals surface area contributed by atoms with Gasteiger partial charge in [-0.15, -0.1) is 0 Å². The van der Waals surface area contributed by atoms with E-state index >= 15 is 0 Å². The normalized spacial score (nSPS) is 18.2. The molecule has 7 nitrogen and oxygen atoms in total. The van der Waals surface area contributed by atoms with Crippen LogP contribution in [0.2, 0.25) is 0 Å². The summed E-state index contributed by atoms with van der Waals surface area (Å²) in [6, 6.07) is 12.5. The zero-order valence-corrected chi connectivity index (χ0v) is 21.9. The van der Waals surface area contributed by atoms with Crippen LogP contribution in [0.1, 0.15) is 67.8 Å². The van der Waals surface area contributed by atoms with Crippen molar-refractivity contribution in [1.29, 1.82) is 0 Å². The van der Waals surface area contributed by atoms with Gasteiger partial charge < -0.3 is 24.8 Å². The summed E-state index contributed by atoms with van der Waals surface area (Å²) in [5.74, 6) is 2.54. The highest BCUT2D eigenvalue weighted by Crippen LogP contribution is 2.31. The molecule has 2 N–H and O–H groups in total. The number of ether oxygens (including phenoxy) is 2. The summed E-state index contributed by atoms with van der Waals surface area (Å²) in [5, 5.41) is 12.7. The van der Waals surface area contributed by atoms with Gasteiger partial charge in [-0.25, -0.2) is 0 Å². The van der Waals surface area contributed by atoms with Crippen molar-refractivity contribution in [2.45, 2.75) is 64.3 Å². The number of benzene rings is 2. The molecule has 1 fully saturated rings.